The van der Waals surface area contributed by atoms with Crippen LogP contribution in [0.4, 0.5) is 5.82 Å². The molecule has 0 bridgehead atoms. The standard InChI is InChI=1S/C10H12BrN3O/c1-6-2-7(11)4-13-10(6)14-5-8(12)3-9(14)15/h2,4,8H,3,5,12H2,1H3. The number of nitrogens with zero attached hydrogens (tertiary/aromatic N) is 2. The van der Waals surface area contributed by atoms with Gasteiger partial charge in [0.25, 0.3) is 0 Å². The largest absolute Gasteiger partial charge is 0.326 e. The van der Waals surface area contributed by atoms with Crippen molar-refractivity contribution in [1.29, 1.82) is 0 Å². The number of anilines is 1. The molecule has 1 aliphatic heterocycles. The van der Waals surface area contributed by atoms with Crippen LogP contribution in [-0.4, -0.2) is 23.5 Å². The Kier molecular flexibility index (Phi) is 2.75. The molecule has 0 radical (unpaired) electrons. The molecule has 1 unspecified atom stereocenters. The highest BCUT2D eigenvalue weighted by Gasteiger charge is 2.29. The Morgan fingerprint density at radius 1 is 1.67 bits per heavy atom. The van der Waals surface area contributed by atoms with Gasteiger partial charge in [-0.25, -0.2) is 4.98 Å². The maximum Gasteiger partial charge on any atom is 0.229 e. The number of rotatable bonds is 1. The molecule has 2 heterocycles. The summed E-state index contributed by atoms with van der Waals surface area (Å²) in [7, 11) is 0. The van der Waals surface area contributed by atoms with Gasteiger partial charge in [0.2, 0.25) is 5.91 Å². The van der Waals surface area contributed by atoms with E-state index in [9.17, 15) is 4.79 Å². The number of amides is 1. The predicted molar refractivity (Wildman–Crippen MR) is 61.6 cm³/mol. The molecule has 80 valence electrons. The van der Waals surface area contributed by atoms with Crippen LogP contribution in [0, 0.1) is 6.92 Å². The fourth-order valence-electron chi connectivity index (χ4n) is 1.76. The number of nitrogens with two attached hydrogens (primary N) is 1. The summed E-state index contributed by atoms with van der Waals surface area (Å²) in [4.78, 5) is 17.5. The fourth-order valence-corrected chi connectivity index (χ4v) is 2.20. The number of carbonyl (C=O) groups excluding carboxylic acids is 1. The maximum absolute atomic E-state index is 11.6. The van der Waals surface area contributed by atoms with E-state index < -0.39 is 0 Å². The molecule has 0 aromatic carbocycles. The number of carbonyl (C=O) groups is 1. The Balaban J connectivity index is 2.34. The summed E-state index contributed by atoms with van der Waals surface area (Å²) in [5.41, 5.74) is 6.71. The van der Waals surface area contributed by atoms with Gasteiger partial charge >= 0.3 is 0 Å². The molecular weight excluding hydrogens is 258 g/mol. The van der Waals surface area contributed by atoms with Gasteiger partial charge in [-0.3, -0.25) is 9.69 Å². The Bertz CT molecular complexity index is 408. The number of pyridine rings is 1. The number of aryl methyl sites for hydroxylation is 1. The van der Waals surface area contributed by atoms with Gasteiger partial charge in [-0.1, -0.05) is 0 Å². The van der Waals surface area contributed by atoms with E-state index in [2.05, 4.69) is 20.9 Å². The van der Waals surface area contributed by atoms with Crippen molar-refractivity contribution in [1.82, 2.24) is 4.98 Å². The SMILES string of the molecule is Cc1cc(Br)cnc1N1CC(N)CC1=O. The van der Waals surface area contributed by atoms with Crippen LogP contribution in [-0.2, 0) is 4.79 Å². The van der Waals surface area contributed by atoms with Crippen molar-refractivity contribution in [3.63, 3.8) is 0 Å². The lowest BCUT2D eigenvalue weighted by atomic mass is 10.3. The molecule has 0 aliphatic carbocycles. The second kappa shape index (κ2) is 3.90. The van der Waals surface area contributed by atoms with Crippen LogP contribution in [0.2, 0.25) is 0 Å². The Hall–Kier alpha value is -0.940. The summed E-state index contributed by atoms with van der Waals surface area (Å²) >= 11 is 3.34. The van der Waals surface area contributed by atoms with E-state index in [0.29, 0.717) is 13.0 Å². The lowest BCUT2D eigenvalue weighted by Gasteiger charge is -2.17. The molecule has 2 rings (SSSR count). The molecule has 2 N–H and O–H groups in total. The first-order valence-electron chi connectivity index (χ1n) is 4.76. The van der Waals surface area contributed by atoms with Crippen LogP contribution in [0.15, 0.2) is 16.7 Å². The molecule has 4 nitrogen and oxygen atoms in total. The summed E-state index contributed by atoms with van der Waals surface area (Å²) in [6.45, 7) is 2.50. The van der Waals surface area contributed by atoms with Gasteiger partial charge in [0.1, 0.15) is 5.82 Å². The normalized spacial score (nSPS) is 21.1. The molecule has 1 atom stereocenters. The first kappa shape index (κ1) is 10.6. The predicted octanol–water partition coefficient (Wildman–Crippen LogP) is 1.22. The summed E-state index contributed by atoms with van der Waals surface area (Å²) in [6.07, 6.45) is 2.11. The molecule has 15 heavy (non-hydrogen) atoms. The fraction of sp³-hybridized carbons (Fsp3) is 0.400. The summed E-state index contributed by atoms with van der Waals surface area (Å²) in [5, 5.41) is 0. The number of aromatic nitrogens is 1. The lowest BCUT2D eigenvalue weighted by Crippen LogP contribution is -2.29. The maximum atomic E-state index is 11.6. The van der Waals surface area contributed by atoms with E-state index in [1.54, 1.807) is 11.1 Å². The summed E-state index contributed by atoms with van der Waals surface area (Å²) in [6, 6.07) is 1.88. The lowest BCUT2D eigenvalue weighted by molar-refractivity contribution is -0.117. The molecule has 0 spiro atoms. The highest BCUT2D eigenvalue weighted by atomic mass is 79.9. The third-order valence-electron chi connectivity index (χ3n) is 2.43. The van der Waals surface area contributed by atoms with Crippen molar-refractivity contribution in [2.75, 3.05) is 11.4 Å². The minimum absolute atomic E-state index is 0.0559. The molecule has 1 saturated heterocycles. The van der Waals surface area contributed by atoms with Crippen molar-refractivity contribution in [3.05, 3.63) is 22.3 Å². The van der Waals surface area contributed by atoms with Crippen molar-refractivity contribution in [3.8, 4) is 0 Å². The Morgan fingerprint density at radius 2 is 2.40 bits per heavy atom. The third-order valence-corrected chi connectivity index (χ3v) is 2.86. The van der Waals surface area contributed by atoms with Gasteiger partial charge in [0.05, 0.1) is 0 Å². The zero-order chi connectivity index (χ0) is 11.0. The Morgan fingerprint density at radius 3 is 2.93 bits per heavy atom. The topological polar surface area (TPSA) is 59.2 Å². The van der Waals surface area contributed by atoms with Crippen LogP contribution >= 0.6 is 15.9 Å². The first-order valence-corrected chi connectivity index (χ1v) is 5.55. The number of hydrogen-bond donors (Lipinski definition) is 1. The van der Waals surface area contributed by atoms with Gasteiger partial charge in [0.15, 0.2) is 0 Å². The van der Waals surface area contributed by atoms with Crippen molar-refractivity contribution < 1.29 is 4.79 Å². The molecule has 1 aromatic rings. The molecular formula is C10H12BrN3O. The minimum Gasteiger partial charge on any atom is -0.326 e. The second-order valence-corrected chi connectivity index (χ2v) is 4.68. The molecule has 1 aromatic heterocycles. The van der Waals surface area contributed by atoms with E-state index in [1.807, 2.05) is 13.0 Å². The monoisotopic (exact) mass is 269 g/mol. The van der Waals surface area contributed by atoms with Crippen LogP contribution in [0.1, 0.15) is 12.0 Å². The quantitative estimate of drug-likeness (QED) is 0.834. The number of halogens is 1. The average Bonchev–Trinajstić information content (AvgIpc) is 2.45. The van der Waals surface area contributed by atoms with Crippen LogP contribution in [0.3, 0.4) is 0 Å². The molecule has 0 saturated carbocycles. The van der Waals surface area contributed by atoms with E-state index in [1.165, 1.54) is 0 Å². The number of hydrogen-bond acceptors (Lipinski definition) is 3. The van der Waals surface area contributed by atoms with E-state index >= 15 is 0 Å². The zero-order valence-corrected chi connectivity index (χ0v) is 9.99. The third kappa shape index (κ3) is 2.03. The first-order chi connectivity index (χ1) is 7.08. The van der Waals surface area contributed by atoms with Crippen molar-refractivity contribution >= 4 is 27.7 Å². The van der Waals surface area contributed by atoms with Crippen molar-refractivity contribution in [2.24, 2.45) is 5.73 Å². The average molecular weight is 270 g/mol. The zero-order valence-electron chi connectivity index (χ0n) is 8.40. The highest BCUT2D eigenvalue weighted by Crippen LogP contribution is 2.24. The molecule has 1 aliphatic rings. The van der Waals surface area contributed by atoms with Gasteiger partial charge in [-0.05, 0) is 34.5 Å². The van der Waals surface area contributed by atoms with E-state index in [0.717, 1.165) is 15.9 Å². The molecule has 1 amide bonds. The van der Waals surface area contributed by atoms with E-state index in [4.69, 9.17) is 5.73 Å². The summed E-state index contributed by atoms with van der Waals surface area (Å²) in [5.74, 6) is 0.775. The van der Waals surface area contributed by atoms with Crippen LogP contribution in [0.5, 0.6) is 0 Å². The Labute approximate surface area is 96.6 Å². The van der Waals surface area contributed by atoms with Gasteiger partial charge < -0.3 is 5.73 Å². The van der Waals surface area contributed by atoms with Crippen LogP contribution < -0.4 is 10.6 Å². The smallest absolute Gasteiger partial charge is 0.229 e. The summed E-state index contributed by atoms with van der Waals surface area (Å²) < 4.78 is 0.916. The van der Waals surface area contributed by atoms with E-state index in [-0.39, 0.29) is 11.9 Å². The second-order valence-electron chi connectivity index (χ2n) is 3.76. The molecule has 5 heteroatoms. The van der Waals surface area contributed by atoms with Gasteiger partial charge in [0, 0.05) is 29.7 Å². The molecule has 1 fully saturated rings. The van der Waals surface area contributed by atoms with Gasteiger partial charge in [-0.15, -0.1) is 0 Å². The van der Waals surface area contributed by atoms with Gasteiger partial charge in [-0.2, -0.15) is 0 Å². The van der Waals surface area contributed by atoms with Crippen LogP contribution in [0.25, 0.3) is 0 Å². The minimum atomic E-state index is -0.0673. The highest BCUT2D eigenvalue weighted by molar-refractivity contribution is 9.10. The van der Waals surface area contributed by atoms with Crippen molar-refractivity contribution in [2.45, 2.75) is 19.4 Å².